The van der Waals surface area contributed by atoms with Crippen molar-refractivity contribution in [1.82, 2.24) is 4.90 Å². The molecular formula is C18H28ClNO2. The van der Waals surface area contributed by atoms with E-state index in [2.05, 4.69) is 11.8 Å². The van der Waals surface area contributed by atoms with Gasteiger partial charge in [-0.05, 0) is 50.4 Å². The van der Waals surface area contributed by atoms with Gasteiger partial charge in [0, 0.05) is 13.0 Å². The first-order chi connectivity index (χ1) is 10.2. The number of hydrogen-bond acceptors (Lipinski definition) is 3. The zero-order chi connectivity index (χ0) is 15.1. The number of nitrogens with zero attached hydrogens (tertiary/aromatic N) is 1. The van der Waals surface area contributed by atoms with E-state index in [1.807, 2.05) is 31.2 Å². The van der Waals surface area contributed by atoms with Gasteiger partial charge in [-0.25, -0.2) is 0 Å². The van der Waals surface area contributed by atoms with Gasteiger partial charge in [-0.2, -0.15) is 0 Å². The van der Waals surface area contributed by atoms with Crippen molar-refractivity contribution in [2.24, 2.45) is 5.92 Å². The molecule has 1 heterocycles. The number of para-hydroxylation sites is 1. The minimum atomic E-state index is 0. The Balaban J connectivity index is 0.00000242. The minimum Gasteiger partial charge on any atom is -0.493 e. The maximum atomic E-state index is 11.9. The number of ketones is 1. The largest absolute Gasteiger partial charge is 0.493 e. The van der Waals surface area contributed by atoms with Crippen LogP contribution >= 0.6 is 12.4 Å². The molecule has 0 unspecified atom stereocenters. The quantitative estimate of drug-likeness (QED) is 0.556. The van der Waals surface area contributed by atoms with Crippen LogP contribution in [0.2, 0.25) is 0 Å². The molecule has 22 heavy (non-hydrogen) atoms. The summed E-state index contributed by atoms with van der Waals surface area (Å²) < 4.78 is 5.82. The second-order valence-corrected chi connectivity index (χ2v) is 6.00. The van der Waals surface area contributed by atoms with Gasteiger partial charge in [0.15, 0.2) is 5.78 Å². The van der Waals surface area contributed by atoms with Crippen molar-refractivity contribution in [3.8, 4) is 5.75 Å². The van der Waals surface area contributed by atoms with E-state index in [0.29, 0.717) is 18.6 Å². The van der Waals surface area contributed by atoms with Gasteiger partial charge in [-0.15, -0.1) is 12.4 Å². The highest BCUT2D eigenvalue weighted by Gasteiger charge is 2.15. The van der Waals surface area contributed by atoms with Crippen LogP contribution in [0.5, 0.6) is 5.75 Å². The van der Waals surface area contributed by atoms with Crippen LogP contribution in [0.15, 0.2) is 24.3 Å². The lowest BCUT2D eigenvalue weighted by Crippen LogP contribution is -2.34. The summed E-state index contributed by atoms with van der Waals surface area (Å²) in [5.41, 5.74) is 0.715. The zero-order valence-electron chi connectivity index (χ0n) is 13.7. The predicted molar refractivity (Wildman–Crippen MR) is 93.3 cm³/mol. The Labute approximate surface area is 140 Å². The van der Waals surface area contributed by atoms with Crippen molar-refractivity contribution in [1.29, 1.82) is 0 Å². The summed E-state index contributed by atoms with van der Waals surface area (Å²) in [4.78, 5) is 14.4. The number of ether oxygens (including phenoxy) is 1. The summed E-state index contributed by atoms with van der Waals surface area (Å²) in [5, 5.41) is 0. The number of piperidine rings is 1. The molecule has 1 saturated heterocycles. The number of hydrogen-bond donors (Lipinski definition) is 0. The SMILES string of the molecule is CCC(=O)c1ccccc1OCCCN1CCC(C)CC1.Cl. The van der Waals surface area contributed by atoms with Crippen molar-refractivity contribution >= 4 is 18.2 Å². The van der Waals surface area contributed by atoms with Crippen molar-refractivity contribution < 1.29 is 9.53 Å². The monoisotopic (exact) mass is 325 g/mol. The fraction of sp³-hybridized carbons (Fsp3) is 0.611. The molecule has 0 saturated carbocycles. The van der Waals surface area contributed by atoms with Gasteiger partial charge in [0.25, 0.3) is 0 Å². The third kappa shape index (κ3) is 5.62. The number of halogens is 1. The Hall–Kier alpha value is -1.06. The molecule has 0 aliphatic carbocycles. The van der Waals surface area contributed by atoms with Crippen LogP contribution in [0.3, 0.4) is 0 Å². The Bertz CT molecular complexity index is 456. The molecule has 3 nitrogen and oxygen atoms in total. The third-order valence-corrected chi connectivity index (χ3v) is 4.26. The van der Waals surface area contributed by atoms with Gasteiger partial charge >= 0.3 is 0 Å². The number of carbonyl (C=O) groups excluding carboxylic acids is 1. The molecule has 0 aromatic heterocycles. The molecule has 1 aromatic carbocycles. The standard InChI is InChI=1S/C18H27NO2.ClH/c1-3-17(20)16-7-4-5-8-18(16)21-14-6-11-19-12-9-15(2)10-13-19;/h4-5,7-8,15H,3,6,9-14H2,1-2H3;1H. The van der Waals surface area contributed by atoms with E-state index < -0.39 is 0 Å². The Morgan fingerprint density at radius 1 is 1.27 bits per heavy atom. The molecule has 1 aliphatic rings. The van der Waals surface area contributed by atoms with Crippen LogP contribution < -0.4 is 4.74 Å². The van der Waals surface area contributed by atoms with E-state index in [-0.39, 0.29) is 18.2 Å². The summed E-state index contributed by atoms with van der Waals surface area (Å²) >= 11 is 0. The third-order valence-electron chi connectivity index (χ3n) is 4.26. The number of Topliss-reactive ketones (excluding diaryl/α,β-unsaturated/α-hetero) is 1. The first-order valence-electron chi connectivity index (χ1n) is 8.18. The number of carbonyl (C=O) groups is 1. The predicted octanol–water partition coefficient (Wildman–Crippen LogP) is 4.20. The van der Waals surface area contributed by atoms with E-state index in [4.69, 9.17) is 4.74 Å². The van der Waals surface area contributed by atoms with Gasteiger partial charge in [-0.3, -0.25) is 4.79 Å². The normalized spacial score (nSPS) is 16.1. The molecule has 0 amide bonds. The highest BCUT2D eigenvalue weighted by atomic mass is 35.5. The lowest BCUT2D eigenvalue weighted by Gasteiger charge is -2.30. The van der Waals surface area contributed by atoms with E-state index >= 15 is 0 Å². The van der Waals surface area contributed by atoms with Crippen LogP contribution in [0, 0.1) is 5.92 Å². The van der Waals surface area contributed by atoms with Crippen molar-refractivity contribution in [2.75, 3.05) is 26.2 Å². The van der Waals surface area contributed by atoms with Gasteiger partial charge in [0.2, 0.25) is 0 Å². The van der Waals surface area contributed by atoms with Gasteiger partial charge < -0.3 is 9.64 Å². The van der Waals surface area contributed by atoms with Crippen molar-refractivity contribution in [3.05, 3.63) is 29.8 Å². The molecule has 0 atom stereocenters. The minimum absolute atomic E-state index is 0. The van der Waals surface area contributed by atoms with Crippen LogP contribution in [-0.4, -0.2) is 36.9 Å². The fourth-order valence-corrected chi connectivity index (χ4v) is 2.77. The number of rotatable bonds is 7. The maximum Gasteiger partial charge on any atom is 0.166 e. The topological polar surface area (TPSA) is 29.5 Å². The summed E-state index contributed by atoms with van der Waals surface area (Å²) in [5.74, 6) is 1.76. The second kappa shape index (κ2) is 9.86. The molecule has 1 fully saturated rings. The van der Waals surface area contributed by atoms with E-state index in [1.165, 1.54) is 25.9 Å². The fourth-order valence-electron chi connectivity index (χ4n) is 2.77. The Kier molecular flexibility index (Phi) is 8.51. The second-order valence-electron chi connectivity index (χ2n) is 6.00. The highest BCUT2D eigenvalue weighted by molar-refractivity contribution is 5.98. The Morgan fingerprint density at radius 3 is 2.64 bits per heavy atom. The molecule has 1 aromatic rings. The van der Waals surface area contributed by atoms with Gasteiger partial charge in [-0.1, -0.05) is 26.0 Å². The summed E-state index contributed by atoms with van der Waals surface area (Å²) in [6.07, 6.45) is 4.17. The van der Waals surface area contributed by atoms with Crippen LogP contribution in [0.25, 0.3) is 0 Å². The van der Waals surface area contributed by atoms with Crippen molar-refractivity contribution in [3.63, 3.8) is 0 Å². The van der Waals surface area contributed by atoms with E-state index in [0.717, 1.165) is 24.6 Å². The zero-order valence-corrected chi connectivity index (χ0v) is 14.5. The number of likely N-dealkylation sites (tertiary alicyclic amines) is 1. The summed E-state index contributed by atoms with van der Waals surface area (Å²) in [6, 6.07) is 7.57. The molecule has 0 radical (unpaired) electrons. The molecule has 0 N–H and O–H groups in total. The smallest absolute Gasteiger partial charge is 0.166 e. The summed E-state index contributed by atoms with van der Waals surface area (Å²) in [6.45, 7) is 8.42. The Morgan fingerprint density at radius 2 is 1.95 bits per heavy atom. The summed E-state index contributed by atoms with van der Waals surface area (Å²) in [7, 11) is 0. The molecule has 1 aliphatic heterocycles. The lowest BCUT2D eigenvalue weighted by molar-refractivity contribution is 0.0983. The molecular weight excluding hydrogens is 298 g/mol. The molecule has 4 heteroatoms. The first-order valence-corrected chi connectivity index (χ1v) is 8.18. The molecule has 2 rings (SSSR count). The van der Waals surface area contributed by atoms with E-state index in [1.54, 1.807) is 0 Å². The van der Waals surface area contributed by atoms with Crippen LogP contribution in [-0.2, 0) is 0 Å². The molecule has 124 valence electrons. The van der Waals surface area contributed by atoms with Gasteiger partial charge in [0.05, 0.1) is 12.2 Å². The highest BCUT2D eigenvalue weighted by Crippen LogP contribution is 2.20. The number of benzene rings is 1. The maximum absolute atomic E-state index is 11.9. The average Bonchev–Trinajstić information content (AvgIpc) is 2.53. The molecule has 0 spiro atoms. The van der Waals surface area contributed by atoms with Crippen LogP contribution in [0.4, 0.5) is 0 Å². The van der Waals surface area contributed by atoms with Gasteiger partial charge in [0.1, 0.15) is 5.75 Å². The average molecular weight is 326 g/mol. The lowest BCUT2D eigenvalue weighted by atomic mass is 9.99. The molecule has 0 bridgehead atoms. The van der Waals surface area contributed by atoms with Crippen LogP contribution in [0.1, 0.15) is 49.9 Å². The van der Waals surface area contributed by atoms with Crippen molar-refractivity contribution in [2.45, 2.75) is 39.5 Å². The van der Waals surface area contributed by atoms with E-state index in [9.17, 15) is 4.79 Å². The first kappa shape index (κ1) is 19.0.